The Bertz CT molecular complexity index is 818. The zero-order valence-electron chi connectivity index (χ0n) is 13.8. The summed E-state index contributed by atoms with van der Waals surface area (Å²) >= 11 is 9.33. The lowest BCUT2D eigenvalue weighted by Gasteiger charge is -2.32. The van der Waals surface area contributed by atoms with E-state index < -0.39 is 11.7 Å². The van der Waals surface area contributed by atoms with Crippen LogP contribution in [-0.4, -0.2) is 35.8 Å². The first kappa shape index (κ1) is 18.9. The zero-order valence-corrected chi connectivity index (χ0v) is 16.2. The smallest absolute Gasteiger partial charge is 0.255 e. The monoisotopic (exact) mass is 438 g/mol. The van der Waals surface area contributed by atoms with Gasteiger partial charge in [0.2, 0.25) is 0 Å². The Morgan fingerprint density at radius 2 is 1.81 bits per heavy atom. The van der Waals surface area contributed by atoms with Gasteiger partial charge in [0.05, 0.1) is 16.1 Å². The van der Waals surface area contributed by atoms with Gasteiger partial charge in [-0.15, -0.1) is 0 Å². The van der Waals surface area contributed by atoms with E-state index >= 15 is 0 Å². The quantitative estimate of drug-likeness (QED) is 0.776. The second kappa shape index (κ2) is 8.18. The van der Waals surface area contributed by atoms with Gasteiger partial charge < -0.3 is 10.2 Å². The molecule has 2 aromatic carbocycles. The number of rotatable bonds is 3. The van der Waals surface area contributed by atoms with Crippen LogP contribution in [0.2, 0.25) is 5.02 Å². The van der Waals surface area contributed by atoms with Gasteiger partial charge in [-0.05, 0) is 53.0 Å². The van der Waals surface area contributed by atoms with Crippen LogP contribution in [-0.2, 0) is 0 Å². The number of amides is 2. The summed E-state index contributed by atoms with van der Waals surface area (Å²) in [5, 5.41) is 2.90. The third-order valence-electron chi connectivity index (χ3n) is 4.41. The molecule has 0 aliphatic carbocycles. The molecule has 1 fully saturated rings. The average molecular weight is 440 g/mol. The summed E-state index contributed by atoms with van der Waals surface area (Å²) < 4.78 is 14.6. The summed E-state index contributed by atoms with van der Waals surface area (Å²) in [4.78, 5) is 26.7. The Kier molecular flexibility index (Phi) is 5.94. The van der Waals surface area contributed by atoms with Crippen LogP contribution in [0, 0.1) is 5.82 Å². The van der Waals surface area contributed by atoms with Gasteiger partial charge in [-0.1, -0.05) is 29.8 Å². The van der Waals surface area contributed by atoms with Crippen molar-refractivity contribution in [1.29, 1.82) is 0 Å². The van der Waals surface area contributed by atoms with Crippen molar-refractivity contribution in [2.24, 2.45) is 0 Å². The maximum absolute atomic E-state index is 13.8. The van der Waals surface area contributed by atoms with E-state index in [1.54, 1.807) is 11.0 Å². The molecule has 3 rings (SSSR count). The molecule has 1 saturated heterocycles. The molecule has 0 unspecified atom stereocenters. The minimum Gasteiger partial charge on any atom is -0.349 e. The van der Waals surface area contributed by atoms with Crippen LogP contribution in [0.3, 0.4) is 0 Å². The molecule has 0 saturated carbocycles. The number of nitrogens with zero attached hydrogens (tertiary/aromatic N) is 1. The molecule has 1 aliphatic rings. The number of carbonyl (C=O) groups is 2. The highest BCUT2D eigenvalue weighted by Gasteiger charge is 2.26. The molecule has 2 aromatic rings. The first-order valence-electron chi connectivity index (χ1n) is 8.26. The number of benzene rings is 2. The van der Waals surface area contributed by atoms with Gasteiger partial charge in [-0.3, -0.25) is 9.59 Å². The lowest BCUT2D eigenvalue weighted by atomic mass is 10.0. The van der Waals surface area contributed by atoms with Crippen LogP contribution in [0.15, 0.2) is 46.9 Å². The molecule has 0 aromatic heterocycles. The van der Waals surface area contributed by atoms with Crippen molar-refractivity contribution < 1.29 is 14.0 Å². The molecule has 0 bridgehead atoms. The fourth-order valence-electron chi connectivity index (χ4n) is 3.00. The van der Waals surface area contributed by atoms with E-state index in [9.17, 15) is 14.0 Å². The summed E-state index contributed by atoms with van der Waals surface area (Å²) in [6.45, 7) is 1.05. The van der Waals surface area contributed by atoms with Crippen molar-refractivity contribution in [2.75, 3.05) is 13.1 Å². The maximum atomic E-state index is 13.8. The van der Waals surface area contributed by atoms with Crippen molar-refractivity contribution in [1.82, 2.24) is 10.2 Å². The van der Waals surface area contributed by atoms with Crippen molar-refractivity contribution in [3.05, 3.63) is 68.9 Å². The van der Waals surface area contributed by atoms with Crippen molar-refractivity contribution >= 4 is 39.3 Å². The van der Waals surface area contributed by atoms with Crippen molar-refractivity contribution in [2.45, 2.75) is 18.9 Å². The number of piperidine rings is 1. The molecule has 0 atom stereocenters. The summed E-state index contributed by atoms with van der Waals surface area (Å²) in [6.07, 6.45) is 1.21. The summed E-state index contributed by atoms with van der Waals surface area (Å²) in [6, 6.07) is 11.3. The van der Waals surface area contributed by atoms with Crippen LogP contribution < -0.4 is 5.32 Å². The van der Waals surface area contributed by atoms with E-state index in [0.29, 0.717) is 31.5 Å². The van der Waals surface area contributed by atoms with Crippen molar-refractivity contribution in [3.63, 3.8) is 0 Å². The first-order chi connectivity index (χ1) is 12.5. The summed E-state index contributed by atoms with van der Waals surface area (Å²) in [5.74, 6) is -1.21. The number of carbonyl (C=O) groups excluding carboxylic acids is 2. The number of nitrogens with one attached hydrogen (secondary N) is 1. The molecule has 0 spiro atoms. The normalized spacial score (nSPS) is 15.0. The molecular weight excluding hydrogens is 423 g/mol. The average Bonchev–Trinajstić information content (AvgIpc) is 2.62. The Balaban J connectivity index is 1.60. The van der Waals surface area contributed by atoms with E-state index in [4.69, 9.17) is 11.6 Å². The summed E-state index contributed by atoms with van der Waals surface area (Å²) in [7, 11) is 0. The molecule has 1 aliphatic heterocycles. The number of halogens is 3. The molecule has 1 heterocycles. The highest BCUT2D eigenvalue weighted by atomic mass is 79.9. The van der Waals surface area contributed by atoms with Gasteiger partial charge in [0.15, 0.2) is 0 Å². The van der Waals surface area contributed by atoms with Gasteiger partial charge in [-0.2, -0.15) is 0 Å². The fraction of sp³-hybridized carbons (Fsp3) is 0.263. The molecule has 2 amide bonds. The molecule has 26 heavy (non-hydrogen) atoms. The maximum Gasteiger partial charge on any atom is 0.255 e. The largest absolute Gasteiger partial charge is 0.349 e. The van der Waals surface area contributed by atoms with Crippen LogP contribution in [0.5, 0.6) is 0 Å². The van der Waals surface area contributed by atoms with E-state index in [1.165, 1.54) is 18.2 Å². The van der Waals surface area contributed by atoms with Gasteiger partial charge in [0.1, 0.15) is 5.82 Å². The van der Waals surface area contributed by atoms with Gasteiger partial charge in [-0.25, -0.2) is 4.39 Å². The molecule has 136 valence electrons. The third kappa shape index (κ3) is 4.07. The summed E-state index contributed by atoms with van der Waals surface area (Å²) in [5.41, 5.74) is 0.481. The van der Waals surface area contributed by atoms with E-state index in [2.05, 4.69) is 21.2 Å². The lowest BCUT2D eigenvalue weighted by Crippen LogP contribution is -2.46. The second-order valence-electron chi connectivity index (χ2n) is 6.12. The van der Waals surface area contributed by atoms with Crippen LogP contribution in [0.25, 0.3) is 0 Å². The van der Waals surface area contributed by atoms with E-state index in [0.717, 1.165) is 4.47 Å². The van der Waals surface area contributed by atoms with Crippen LogP contribution in [0.1, 0.15) is 33.6 Å². The predicted molar refractivity (Wildman–Crippen MR) is 102 cm³/mol. The zero-order chi connectivity index (χ0) is 18.7. The van der Waals surface area contributed by atoms with Crippen LogP contribution in [0.4, 0.5) is 4.39 Å². The number of likely N-dealkylation sites (tertiary alicyclic amines) is 1. The SMILES string of the molecule is O=C(NC1CCN(C(=O)c2ccccc2Br)CC1)c1c(F)cccc1Cl. The van der Waals surface area contributed by atoms with E-state index in [1.807, 2.05) is 18.2 Å². The Morgan fingerprint density at radius 3 is 2.46 bits per heavy atom. The Morgan fingerprint density at radius 1 is 1.12 bits per heavy atom. The standard InChI is InChI=1S/C19H17BrClFN2O2/c20-14-5-2-1-4-13(14)19(26)24-10-8-12(9-11-24)23-18(25)17-15(21)6-3-7-16(17)22/h1-7,12H,8-11H2,(H,23,25). The number of hydrogen-bond acceptors (Lipinski definition) is 2. The topological polar surface area (TPSA) is 49.4 Å². The first-order valence-corrected chi connectivity index (χ1v) is 9.43. The molecular formula is C19H17BrClFN2O2. The highest BCUT2D eigenvalue weighted by molar-refractivity contribution is 9.10. The van der Waals surface area contributed by atoms with Gasteiger partial charge >= 0.3 is 0 Å². The molecule has 4 nitrogen and oxygen atoms in total. The predicted octanol–water partition coefficient (Wildman–Crippen LogP) is 4.28. The highest BCUT2D eigenvalue weighted by Crippen LogP contribution is 2.22. The molecule has 0 radical (unpaired) electrons. The van der Waals surface area contributed by atoms with Gasteiger partial charge in [0, 0.05) is 23.6 Å². The minimum atomic E-state index is -0.642. The molecule has 7 heteroatoms. The lowest BCUT2D eigenvalue weighted by molar-refractivity contribution is 0.0697. The van der Waals surface area contributed by atoms with Gasteiger partial charge in [0.25, 0.3) is 11.8 Å². The molecule has 1 N–H and O–H groups in total. The third-order valence-corrected chi connectivity index (χ3v) is 5.42. The fourth-order valence-corrected chi connectivity index (χ4v) is 3.71. The van der Waals surface area contributed by atoms with Crippen molar-refractivity contribution in [3.8, 4) is 0 Å². The minimum absolute atomic E-state index is 0.0422. The number of hydrogen-bond donors (Lipinski definition) is 1. The van der Waals surface area contributed by atoms with Crippen LogP contribution >= 0.6 is 27.5 Å². The van der Waals surface area contributed by atoms with E-state index in [-0.39, 0.29) is 22.5 Å². The Hall–Kier alpha value is -1.92. The Labute approximate surface area is 164 Å². The second-order valence-corrected chi connectivity index (χ2v) is 7.38.